The number of nitrogens with one attached hydrogen (secondary N) is 1. The summed E-state index contributed by atoms with van der Waals surface area (Å²) in [6.45, 7) is 1.81. The van der Waals surface area contributed by atoms with Crippen molar-refractivity contribution in [2.75, 3.05) is 11.4 Å². The largest absolute Gasteiger partial charge is 0.352 e. The number of aryl methyl sites for hydroxylation is 1. The molecule has 0 unspecified atom stereocenters. The fourth-order valence-corrected chi connectivity index (χ4v) is 4.09. The predicted octanol–water partition coefficient (Wildman–Crippen LogP) is 4.29. The number of carbonyl (C=O) groups excluding carboxylic acids is 2. The third kappa shape index (κ3) is 4.69. The number of halogens is 1. The molecule has 1 saturated carbocycles. The lowest BCUT2D eigenvalue weighted by molar-refractivity contribution is -0.120. The predicted molar refractivity (Wildman–Crippen MR) is 102 cm³/mol. The summed E-state index contributed by atoms with van der Waals surface area (Å²) in [5.41, 5.74) is 0.389. The van der Waals surface area contributed by atoms with Gasteiger partial charge < -0.3 is 5.32 Å². The lowest BCUT2D eigenvalue weighted by Gasteiger charge is -2.26. The Balaban J connectivity index is 1.78. The van der Waals surface area contributed by atoms with E-state index in [0.717, 1.165) is 30.6 Å². The maximum Gasteiger partial charge on any atom is 0.268 e. The van der Waals surface area contributed by atoms with E-state index in [-0.39, 0.29) is 24.4 Å². The number of carbonyl (C=O) groups is 2. The molecule has 1 N–H and O–H groups in total. The Labute approximate surface area is 157 Å². The van der Waals surface area contributed by atoms with Crippen LogP contribution in [0.2, 0.25) is 0 Å². The second-order valence-corrected chi connectivity index (χ2v) is 7.97. The molecule has 4 nitrogen and oxygen atoms in total. The maximum absolute atomic E-state index is 13.7. The quantitative estimate of drug-likeness (QED) is 0.849. The normalized spacial score (nSPS) is 14.8. The summed E-state index contributed by atoms with van der Waals surface area (Å²) < 4.78 is 13.7. The molecule has 1 aromatic carbocycles. The Morgan fingerprint density at radius 3 is 2.62 bits per heavy atom. The molecule has 0 aliphatic heterocycles. The maximum atomic E-state index is 13.7. The van der Waals surface area contributed by atoms with Crippen molar-refractivity contribution in [2.24, 2.45) is 0 Å². The van der Waals surface area contributed by atoms with Crippen LogP contribution in [0.4, 0.5) is 10.1 Å². The van der Waals surface area contributed by atoms with Gasteiger partial charge in [0.05, 0.1) is 4.88 Å². The van der Waals surface area contributed by atoms with Gasteiger partial charge in [-0.2, -0.15) is 0 Å². The third-order valence-electron chi connectivity index (χ3n) is 4.59. The molecule has 2 aromatic rings. The van der Waals surface area contributed by atoms with Crippen LogP contribution in [0.15, 0.2) is 36.4 Å². The molecule has 0 spiro atoms. The number of nitrogens with zero attached hydrogens (tertiary/aromatic N) is 1. The molecule has 0 atom stereocenters. The minimum Gasteiger partial charge on any atom is -0.352 e. The highest BCUT2D eigenvalue weighted by atomic mass is 32.1. The highest BCUT2D eigenvalue weighted by molar-refractivity contribution is 7.14. The monoisotopic (exact) mass is 374 g/mol. The van der Waals surface area contributed by atoms with Crippen LogP contribution in [0.3, 0.4) is 0 Å². The van der Waals surface area contributed by atoms with E-state index in [1.165, 1.54) is 34.8 Å². The Bertz CT molecular complexity index is 784. The molecule has 26 heavy (non-hydrogen) atoms. The molecule has 0 saturated heterocycles. The van der Waals surface area contributed by atoms with Crippen molar-refractivity contribution >= 4 is 28.8 Å². The first-order valence-electron chi connectivity index (χ1n) is 8.96. The second-order valence-electron chi connectivity index (χ2n) is 6.68. The smallest absolute Gasteiger partial charge is 0.268 e. The average molecular weight is 374 g/mol. The van der Waals surface area contributed by atoms with Gasteiger partial charge in [0, 0.05) is 16.6 Å². The summed E-state index contributed by atoms with van der Waals surface area (Å²) in [6.07, 6.45) is 5.39. The van der Waals surface area contributed by atoms with Gasteiger partial charge in [-0.05, 0) is 50.1 Å². The Morgan fingerprint density at radius 2 is 1.96 bits per heavy atom. The van der Waals surface area contributed by atoms with E-state index >= 15 is 0 Å². The third-order valence-corrected chi connectivity index (χ3v) is 5.58. The highest BCUT2D eigenvalue weighted by Gasteiger charge is 2.24. The van der Waals surface area contributed by atoms with Gasteiger partial charge in [0.15, 0.2) is 0 Å². The molecule has 6 heteroatoms. The number of amides is 2. The summed E-state index contributed by atoms with van der Waals surface area (Å²) in [6, 6.07) is 9.58. The van der Waals surface area contributed by atoms with Crippen LogP contribution >= 0.6 is 11.3 Å². The van der Waals surface area contributed by atoms with Gasteiger partial charge in [0.1, 0.15) is 12.4 Å². The van der Waals surface area contributed by atoms with E-state index < -0.39 is 5.82 Å². The summed E-state index contributed by atoms with van der Waals surface area (Å²) in [4.78, 5) is 28.4. The lowest BCUT2D eigenvalue weighted by Crippen LogP contribution is -2.44. The standard InChI is InChI=1S/C20H23FN2O2S/c1-14-10-11-18(26-14)20(25)23(17-9-5-6-15(21)12-17)13-19(24)22-16-7-3-2-4-8-16/h5-6,9-12,16H,2-4,7-8,13H2,1H3,(H,22,24). The summed E-state index contributed by atoms with van der Waals surface area (Å²) in [5, 5.41) is 3.02. The summed E-state index contributed by atoms with van der Waals surface area (Å²) in [5.74, 6) is -0.925. The molecular weight excluding hydrogens is 351 g/mol. The van der Waals surface area contributed by atoms with E-state index in [1.54, 1.807) is 18.2 Å². The number of hydrogen-bond donors (Lipinski definition) is 1. The molecule has 3 rings (SSSR count). The van der Waals surface area contributed by atoms with E-state index in [4.69, 9.17) is 0 Å². The van der Waals surface area contributed by atoms with Gasteiger partial charge in [0.25, 0.3) is 5.91 Å². The zero-order chi connectivity index (χ0) is 18.5. The SMILES string of the molecule is Cc1ccc(C(=O)N(CC(=O)NC2CCCCC2)c2cccc(F)c2)s1. The van der Waals surface area contributed by atoms with E-state index in [1.807, 2.05) is 13.0 Å². The van der Waals surface area contributed by atoms with Gasteiger partial charge in [0.2, 0.25) is 5.91 Å². The fourth-order valence-electron chi connectivity index (χ4n) is 3.27. The minimum atomic E-state index is -0.435. The van der Waals surface area contributed by atoms with Crippen LogP contribution in [0.5, 0.6) is 0 Å². The van der Waals surface area contributed by atoms with Crippen molar-refractivity contribution in [2.45, 2.75) is 45.1 Å². The molecule has 0 bridgehead atoms. The van der Waals surface area contributed by atoms with Crippen LogP contribution in [-0.4, -0.2) is 24.4 Å². The minimum absolute atomic E-state index is 0.115. The van der Waals surface area contributed by atoms with Crippen molar-refractivity contribution < 1.29 is 14.0 Å². The number of anilines is 1. The fraction of sp³-hybridized carbons (Fsp3) is 0.400. The van der Waals surface area contributed by atoms with Crippen LogP contribution < -0.4 is 10.2 Å². The molecule has 1 aliphatic rings. The number of rotatable bonds is 5. The van der Waals surface area contributed by atoms with Crippen molar-refractivity contribution in [1.29, 1.82) is 0 Å². The number of hydrogen-bond acceptors (Lipinski definition) is 3. The highest BCUT2D eigenvalue weighted by Crippen LogP contribution is 2.23. The van der Waals surface area contributed by atoms with Crippen LogP contribution in [0.1, 0.15) is 46.7 Å². The molecular formula is C20H23FN2O2S. The molecule has 0 radical (unpaired) electrons. The number of benzene rings is 1. The molecule has 2 amide bonds. The van der Waals surface area contributed by atoms with Crippen LogP contribution in [-0.2, 0) is 4.79 Å². The molecule has 1 fully saturated rings. The Kier molecular flexibility index (Phi) is 6.04. The van der Waals surface area contributed by atoms with Gasteiger partial charge in [-0.1, -0.05) is 25.3 Å². The van der Waals surface area contributed by atoms with Gasteiger partial charge >= 0.3 is 0 Å². The van der Waals surface area contributed by atoms with Crippen LogP contribution in [0, 0.1) is 12.7 Å². The molecule has 1 aromatic heterocycles. The Morgan fingerprint density at radius 1 is 1.19 bits per heavy atom. The first-order chi connectivity index (χ1) is 12.5. The lowest BCUT2D eigenvalue weighted by atomic mass is 9.95. The second kappa shape index (κ2) is 8.45. The average Bonchev–Trinajstić information content (AvgIpc) is 3.06. The Hall–Kier alpha value is -2.21. The van der Waals surface area contributed by atoms with Gasteiger partial charge in [-0.15, -0.1) is 11.3 Å². The van der Waals surface area contributed by atoms with Gasteiger partial charge in [-0.3, -0.25) is 14.5 Å². The molecule has 1 aliphatic carbocycles. The topological polar surface area (TPSA) is 49.4 Å². The summed E-state index contributed by atoms with van der Waals surface area (Å²) >= 11 is 1.37. The van der Waals surface area contributed by atoms with Crippen molar-refractivity contribution in [3.63, 3.8) is 0 Å². The van der Waals surface area contributed by atoms with E-state index in [9.17, 15) is 14.0 Å². The molecule has 138 valence electrons. The van der Waals surface area contributed by atoms with Crippen molar-refractivity contribution in [3.8, 4) is 0 Å². The summed E-state index contributed by atoms with van der Waals surface area (Å²) in [7, 11) is 0. The van der Waals surface area contributed by atoms with Gasteiger partial charge in [-0.25, -0.2) is 4.39 Å². The van der Waals surface area contributed by atoms with Crippen molar-refractivity contribution in [1.82, 2.24) is 5.32 Å². The first-order valence-corrected chi connectivity index (χ1v) is 9.78. The first kappa shape index (κ1) is 18.6. The zero-order valence-electron chi connectivity index (χ0n) is 14.8. The van der Waals surface area contributed by atoms with E-state index in [0.29, 0.717) is 10.6 Å². The molecule has 1 heterocycles. The van der Waals surface area contributed by atoms with E-state index in [2.05, 4.69) is 5.32 Å². The number of thiophene rings is 1. The zero-order valence-corrected chi connectivity index (χ0v) is 15.7. The van der Waals surface area contributed by atoms with Crippen LogP contribution in [0.25, 0.3) is 0 Å². The van der Waals surface area contributed by atoms with Crippen molar-refractivity contribution in [3.05, 3.63) is 52.0 Å².